The van der Waals surface area contributed by atoms with Crippen LogP contribution in [0.25, 0.3) is 0 Å². The highest BCUT2D eigenvalue weighted by atomic mass is 16.5. The average Bonchev–Trinajstić information content (AvgIpc) is 2.05. The van der Waals surface area contributed by atoms with Gasteiger partial charge in [-0.3, -0.25) is 11.3 Å². The third-order valence-electron chi connectivity index (χ3n) is 1.28. The van der Waals surface area contributed by atoms with E-state index in [9.17, 15) is 0 Å². The van der Waals surface area contributed by atoms with E-state index in [1.54, 1.807) is 0 Å². The van der Waals surface area contributed by atoms with Gasteiger partial charge in [-0.1, -0.05) is 0 Å². The van der Waals surface area contributed by atoms with Gasteiger partial charge in [0, 0.05) is 13.2 Å². The molecule has 0 heterocycles. The first-order valence-corrected chi connectivity index (χ1v) is 3.96. The molecule has 0 saturated carbocycles. The smallest absolute Gasteiger partial charge is 0.0678 e. The van der Waals surface area contributed by atoms with Crippen LogP contribution in [0.3, 0.4) is 0 Å². The van der Waals surface area contributed by atoms with Gasteiger partial charge in [0.05, 0.1) is 19.3 Å². The molecule has 11 heavy (non-hydrogen) atoms. The number of hydrogen-bond donors (Lipinski definition) is 2. The van der Waals surface area contributed by atoms with Crippen LogP contribution in [0.1, 0.15) is 13.8 Å². The van der Waals surface area contributed by atoms with Crippen molar-refractivity contribution in [2.45, 2.75) is 19.9 Å². The van der Waals surface area contributed by atoms with Gasteiger partial charge in [0.25, 0.3) is 0 Å². The molecule has 0 aliphatic rings. The van der Waals surface area contributed by atoms with E-state index in [0.717, 1.165) is 0 Å². The second kappa shape index (κ2) is 7.94. The Morgan fingerprint density at radius 2 is 1.64 bits per heavy atom. The Morgan fingerprint density at radius 3 is 1.91 bits per heavy atom. The Kier molecular flexibility index (Phi) is 7.83. The van der Waals surface area contributed by atoms with Crippen molar-refractivity contribution >= 4 is 0 Å². The normalized spacial score (nSPS) is 10.9. The van der Waals surface area contributed by atoms with Gasteiger partial charge in [0.2, 0.25) is 0 Å². The number of ether oxygens (including phenoxy) is 2. The Labute approximate surface area is 68.0 Å². The topological polar surface area (TPSA) is 56.5 Å². The zero-order valence-electron chi connectivity index (χ0n) is 7.30. The van der Waals surface area contributed by atoms with Crippen LogP contribution in [0.4, 0.5) is 0 Å². The largest absolute Gasteiger partial charge is 0.380 e. The number of nitrogens with two attached hydrogens (primary N) is 1. The van der Waals surface area contributed by atoms with Gasteiger partial charge in [-0.05, 0) is 13.8 Å². The van der Waals surface area contributed by atoms with E-state index >= 15 is 0 Å². The second-order valence-electron chi connectivity index (χ2n) is 2.18. The summed E-state index contributed by atoms with van der Waals surface area (Å²) in [7, 11) is 0. The number of rotatable bonds is 7. The first kappa shape index (κ1) is 10.8. The summed E-state index contributed by atoms with van der Waals surface area (Å²) in [6.45, 7) is 6.54. The second-order valence-corrected chi connectivity index (χ2v) is 2.18. The summed E-state index contributed by atoms with van der Waals surface area (Å²) in [5.41, 5.74) is 2.62. The summed E-state index contributed by atoms with van der Waals surface area (Å²) >= 11 is 0. The Bertz CT molecular complexity index is 72.8. The predicted molar refractivity (Wildman–Crippen MR) is 44.1 cm³/mol. The maximum Gasteiger partial charge on any atom is 0.0678 e. The van der Waals surface area contributed by atoms with Crippen LogP contribution in [0.2, 0.25) is 0 Å². The van der Waals surface area contributed by atoms with E-state index in [2.05, 4.69) is 5.43 Å². The van der Waals surface area contributed by atoms with Crippen LogP contribution < -0.4 is 11.3 Å². The molecule has 0 amide bonds. The molecule has 0 radical (unpaired) electrons. The van der Waals surface area contributed by atoms with Crippen molar-refractivity contribution in [2.24, 2.45) is 5.84 Å². The van der Waals surface area contributed by atoms with Crippen molar-refractivity contribution in [3.8, 4) is 0 Å². The summed E-state index contributed by atoms with van der Waals surface area (Å²) in [5.74, 6) is 5.24. The lowest BCUT2D eigenvalue weighted by atomic mass is 10.3. The predicted octanol–water partition coefficient (Wildman–Crippen LogP) is -0.109. The Hall–Kier alpha value is -0.160. The van der Waals surface area contributed by atoms with E-state index in [4.69, 9.17) is 15.3 Å². The van der Waals surface area contributed by atoms with Crippen molar-refractivity contribution in [3.63, 3.8) is 0 Å². The summed E-state index contributed by atoms with van der Waals surface area (Å²) in [6.07, 6.45) is 0. The highest BCUT2D eigenvalue weighted by molar-refractivity contribution is 4.59. The fourth-order valence-corrected chi connectivity index (χ4v) is 0.665. The Morgan fingerprint density at radius 1 is 1.18 bits per heavy atom. The Balaban J connectivity index is 3.25. The van der Waals surface area contributed by atoms with E-state index < -0.39 is 0 Å². The molecule has 0 spiro atoms. The SMILES string of the molecule is CCOCC(COCC)NN. The van der Waals surface area contributed by atoms with Crippen molar-refractivity contribution < 1.29 is 9.47 Å². The molecule has 3 N–H and O–H groups in total. The van der Waals surface area contributed by atoms with E-state index in [-0.39, 0.29) is 6.04 Å². The molecule has 0 aliphatic heterocycles. The van der Waals surface area contributed by atoms with Crippen LogP contribution in [0.15, 0.2) is 0 Å². The molecule has 4 heteroatoms. The molecule has 0 unspecified atom stereocenters. The zero-order valence-corrected chi connectivity index (χ0v) is 7.30. The van der Waals surface area contributed by atoms with Crippen molar-refractivity contribution in [1.82, 2.24) is 5.43 Å². The highest BCUT2D eigenvalue weighted by Gasteiger charge is 2.04. The maximum absolute atomic E-state index is 5.24. The summed E-state index contributed by atoms with van der Waals surface area (Å²) in [5, 5.41) is 0. The van der Waals surface area contributed by atoms with Crippen LogP contribution in [-0.2, 0) is 9.47 Å². The standard InChI is InChI=1S/C7H18N2O2/c1-3-10-5-7(9-8)6-11-4-2/h7,9H,3-6,8H2,1-2H3. The highest BCUT2D eigenvalue weighted by Crippen LogP contribution is 1.86. The molecule has 68 valence electrons. The summed E-state index contributed by atoms with van der Waals surface area (Å²) < 4.78 is 10.3. The maximum atomic E-state index is 5.24. The van der Waals surface area contributed by atoms with E-state index in [0.29, 0.717) is 26.4 Å². The molecule has 0 atom stereocenters. The minimum Gasteiger partial charge on any atom is -0.380 e. The molecule has 0 fully saturated rings. The molecule has 0 saturated heterocycles. The molecule has 0 rings (SSSR count). The lowest BCUT2D eigenvalue weighted by molar-refractivity contribution is 0.0652. The molecular weight excluding hydrogens is 144 g/mol. The summed E-state index contributed by atoms with van der Waals surface area (Å²) in [6, 6.07) is 0.106. The van der Waals surface area contributed by atoms with Gasteiger partial charge in [0.15, 0.2) is 0 Å². The summed E-state index contributed by atoms with van der Waals surface area (Å²) in [4.78, 5) is 0. The monoisotopic (exact) mass is 162 g/mol. The molecule has 0 aromatic heterocycles. The minimum atomic E-state index is 0.106. The number of hydrazine groups is 1. The molecule has 0 aromatic rings. The first-order chi connectivity index (χ1) is 5.35. The number of hydrogen-bond acceptors (Lipinski definition) is 4. The van der Waals surface area contributed by atoms with Gasteiger partial charge in [-0.25, -0.2) is 0 Å². The third-order valence-corrected chi connectivity index (χ3v) is 1.28. The first-order valence-electron chi connectivity index (χ1n) is 3.96. The van der Waals surface area contributed by atoms with E-state index in [1.807, 2.05) is 13.8 Å². The van der Waals surface area contributed by atoms with Crippen LogP contribution in [0.5, 0.6) is 0 Å². The van der Waals surface area contributed by atoms with Crippen LogP contribution in [0, 0.1) is 0 Å². The van der Waals surface area contributed by atoms with E-state index in [1.165, 1.54) is 0 Å². The van der Waals surface area contributed by atoms with Crippen LogP contribution >= 0.6 is 0 Å². The van der Waals surface area contributed by atoms with Crippen molar-refractivity contribution in [2.75, 3.05) is 26.4 Å². The van der Waals surface area contributed by atoms with Gasteiger partial charge in [-0.15, -0.1) is 0 Å². The van der Waals surface area contributed by atoms with Gasteiger partial charge in [0.1, 0.15) is 0 Å². The number of nitrogens with one attached hydrogen (secondary N) is 1. The third kappa shape index (κ3) is 6.25. The van der Waals surface area contributed by atoms with Crippen molar-refractivity contribution in [3.05, 3.63) is 0 Å². The van der Waals surface area contributed by atoms with Gasteiger partial charge in [-0.2, -0.15) is 0 Å². The van der Waals surface area contributed by atoms with Crippen LogP contribution in [-0.4, -0.2) is 32.5 Å². The average molecular weight is 162 g/mol. The van der Waals surface area contributed by atoms with Crippen molar-refractivity contribution in [1.29, 1.82) is 0 Å². The lowest BCUT2D eigenvalue weighted by Crippen LogP contribution is -2.42. The molecule has 0 aliphatic carbocycles. The van der Waals surface area contributed by atoms with Gasteiger partial charge < -0.3 is 9.47 Å². The lowest BCUT2D eigenvalue weighted by Gasteiger charge is -2.14. The minimum absolute atomic E-state index is 0.106. The fraction of sp³-hybridized carbons (Fsp3) is 1.00. The molecule has 0 aromatic carbocycles. The zero-order chi connectivity index (χ0) is 8.53. The molecule has 4 nitrogen and oxygen atoms in total. The quantitative estimate of drug-likeness (QED) is 0.405. The molecule has 0 bridgehead atoms. The molecular formula is C7H18N2O2. The fourth-order valence-electron chi connectivity index (χ4n) is 0.665. The van der Waals surface area contributed by atoms with Gasteiger partial charge >= 0.3 is 0 Å².